The number of nitrogens with one attached hydrogen (secondary N) is 2. The molecule has 0 unspecified atom stereocenters. The number of carbonyl (C=O) groups excluding carboxylic acids is 1. The van der Waals surface area contributed by atoms with Gasteiger partial charge >= 0.3 is 0 Å². The van der Waals surface area contributed by atoms with E-state index in [9.17, 15) is 4.79 Å². The number of fused-ring (bicyclic) bond motifs is 1. The Balaban J connectivity index is 0.00000192. The summed E-state index contributed by atoms with van der Waals surface area (Å²) in [5, 5.41) is 18.3. The van der Waals surface area contributed by atoms with Crippen molar-refractivity contribution in [2.75, 3.05) is 13.1 Å². The molecule has 8 nitrogen and oxygen atoms in total. The second-order valence-electron chi connectivity index (χ2n) is 5.43. The van der Waals surface area contributed by atoms with Crippen LogP contribution in [-0.4, -0.2) is 43.5 Å². The van der Waals surface area contributed by atoms with Crippen LogP contribution in [0.5, 0.6) is 0 Å². The van der Waals surface area contributed by atoms with Gasteiger partial charge in [0.05, 0.1) is 17.9 Å². The lowest BCUT2D eigenvalue weighted by atomic mass is 10.2. The molecule has 1 aliphatic rings. The SMILES string of the molecule is Cl.O=C(CCc1cc2n(n1)CCNC2)NCCCn1cnnc1. The molecule has 1 amide bonds. The Morgan fingerprint density at radius 3 is 2.96 bits per heavy atom. The number of hydrogen-bond donors (Lipinski definition) is 2. The van der Waals surface area contributed by atoms with Gasteiger partial charge in [0.15, 0.2) is 0 Å². The summed E-state index contributed by atoms with van der Waals surface area (Å²) in [7, 11) is 0. The van der Waals surface area contributed by atoms with Gasteiger partial charge in [-0.1, -0.05) is 0 Å². The summed E-state index contributed by atoms with van der Waals surface area (Å²) in [6.45, 7) is 4.21. The molecule has 0 radical (unpaired) electrons. The highest BCUT2D eigenvalue weighted by atomic mass is 35.5. The molecular weight excluding hydrogens is 318 g/mol. The third kappa shape index (κ3) is 5.04. The van der Waals surface area contributed by atoms with Gasteiger partial charge in [0.25, 0.3) is 0 Å². The molecule has 3 rings (SSSR count). The molecule has 0 fully saturated rings. The monoisotopic (exact) mass is 339 g/mol. The van der Waals surface area contributed by atoms with Gasteiger partial charge in [-0.25, -0.2) is 0 Å². The van der Waals surface area contributed by atoms with Gasteiger partial charge in [-0.05, 0) is 12.5 Å². The lowest BCUT2D eigenvalue weighted by molar-refractivity contribution is -0.121. The van der Waals surface area contributed by atoms with Crippen molar-refractivity contribution < 1.29 is 4.79 Å². The first-order valence-electron chi connectivity index (χ1n) is 7.67. The minimum absolute atomic E-state index is 0. The van der Waals surface area contributed by atoms with Gasteiger partial charge in [0.1, 0.15) is 12.7 Å². The normalized spacial score (nSPS) is 13.2. The molecule has 2 N–H and O–H groups in total. The van der Waals surface area contributed by atoms with E-state index < -0.39 is 0 Å². The average Bonchev–Trinajstić information content (AvgIpc) is 3.18. The van der Waals surface area contributed by atoms with Crippen molar-refractivity contribution in [2.24, 2.45) is 0 Å². The van der Waals surface area contributed by atoms with Crippen LogP contribution in [0.15, 0.2) is 18.7 Å². The highest BCUT2D eigenvalue weighted by Crippen LogP contribution is 2.09. The fraction of sp³-hybridized carbons (Fsp3) is 0.571. The van der Waals surface area contributed by atoms with Crippen molar-refractivity contribution >= 4 is 18.3 Å². The molecule has 3 heterocycles. The number of aromatic nitrogens is 5. The van der Waals surface area contributed by atoms with Crippen LogP contribution < -0.4 is 10.6 Å². The maximum atomic E-state index is 11.8. The maximum Gasteiger partial charge on any atom is 0.220 e. The van der Waals surface area contributed by atoms with Crippen molar-refractivity contribution in [1.29, 1.82) is 0 Å². The molecule has 23 heavy (non-hydrogen) atoms. The van der Waals surface area contributed by atoms with Gasteiger partial charge in [-0.2, -0.15) is 5.10 Å². The molecule has 0 saturated heterocycles. The third-order valence-electron chi connectivity index (χ3n) is 3.71. The van der Waals surface area contributed by atoms with Gasteiger partial charge in [0.2, 0.25) is 5.91 Å². The molecule has 2 aromatic heterocycles. The van der Waals surface area contributed by atoms with Gasteiger partial charge in [-0.3, -0.25) is 9.48 Å². The lowest BCUT2D eigenvalue weighted by Gasteiger charge is -2.13. The number of rotatable bonds is 7. The second kappa shape index (κ2) is 8.64. The van der Waals surface area contributed by atoms with Crippen LogP contribution in [0.25, 0.3) is 0 Å². The number of nitrogens with zero attached hydrogens (tertiary/aromatic N) is 5. The molecule has 1 aliphatic heterocycles. The van der Waals surface area contributed by atoms with Crippen LogP contribution in [0, 0.1) is 0 Å². The first-order valence-corrected chi connectivity index (χ1v) is 7.67. The second-order valence-corrected chi connectivity index (χ2v) is 5.43. The van der Waals surface area contributed by atoms with E-state index in [4.69, 9.17) is 0 Å². The number of amides is 1. The molecule has 0 spiro atoms. The van der Waals surface area contributed by atoms with Crippen molar-refractivity contribution in [2.45, 2.75) is 38.9 Å². The van der Waals surface area contributed by atoms with Crippen LogP contribution in [0.3, 0.4) is 0 Å². The Kier molecular flexibility index (Phi) is 6.54. The summed E-state index contributed by atoms with van der Waals surface area (Å²) < 4.78 is 3.93. The first-order chi connectivity index (χ1) is 10.8. The van der Waals surface area contributed by atoms with Crippen LogP contribution in [0.1, 0.15) is 24.2 Å². The summed E-state index contributed by atoms with van der Waals surface area (Å²) in [5.41, 5.74) is 2.20. The smallest absolute Gasteiger partial charge is 0.220 e. The Hall–Kier alpha value is -1.93. The predicted octanol–water partition coefficient (Wildman–Crippen LogP) is 0.139. The number of hydrogen-bond acceptors (Lipinski definition) is 5. The fourth-order valence-electron chi connectivity index (χ4n) is 2.53. The molecule has 9 heteroatoms. The number of halogens is 1. The zero-order chi connectivity index (χ0) is 15.2. The third-order valence-corrected chi connectivity index (χ3v) is 3.71. The predicted molar refractivity (Wildman–Crippen MR) is 87.2 cm³/mol. The Bertz CT molecular complexity index is 587. The largest absolute Gasteiger partial charge is 0.356 e. The number of aryl methyl sites for hydroxylation is 2. The molecule has 126 valence electrons. The van der Waals surface area contributed by atoms with E-state index in [1.165, 1.54) is 5.69 Å². The summed E-state index contributed by atoms with van der Waals surface area (Å²) in [4.78, 5) is 11.8. The highest BCUT2D eigenvalue weighted by Gasteiger charge is 2.12. The summed E-state index contributed by atoms with van der Waals surface area (Å²) in [6, 6.07) is 2.09. The topological polar surface area (TPSA) is 89.7 Å². The molecule has 2 aromatic rings. The zero-order valence-electron chi connectivity index (χ0n) is 12.9. The number of carbonyl (C=O) groups is 1. The van der Waals surface area contributed by atoms with E-state index in [1.807, 2.05) is 9.25 Å². The van der Waals surface area contributed by atoms with Gasteiger partial charge < -0.3 is 15.2 Å². The van der Waals surface area contributed by atoms with E-state index in [0.717, 1.165) is 38.3 Å². The van der Waals surface area contributed by atoms with Crippen LogP contribution in [-0.2, 0) is 30.8 Å². The standard InChI is InChI=1S/C14H21N7O.ClH/c22-14(16-4-1-6-20-10-17-18-11-20)3-2-12-8-13-9-15-5-7-21(13)19-12;/h8,10-11,15H,1-7,9H2,(H,16,22);1H. The van der Waals surface area contributed by atoms with Crippen molar-refractivity contribution in [3.05, 3.63) is 30.1 Å². The van der Waals surface area contributed by atoms with E-state index in [-0.39, 0.29) is 18.3 Å². The minimum Gasteiger partial charge on any atom is -0.356 e. The highest BCUT2D eigenvalue weighted by molar-refractivity contribution is 5.85. The van der Waals surface area contributed by atoms with E-state index in [2.05, 4.69) is 32.0 Å². The summed E-state index contributed by atoms with van der Waals surface area (Å²) in [5.74, 6) is 0.0767. The van der Waals surface area contributed by atoms with Crippen molar-refractivity contribution in [3.8, 4) is 0 Å². The van der Waals surface area contributed by atoms with Gasteiger partial charge in [0, 0.05) is 39.0 Å². The molecule has 0 aromatic carbocycles. The summed E-state index contributed by atoms with van der Waals surface area (Å²) >= 11 is 0. The van der Waals surface area contributed by atoms with Crippen molar-refractivity contribution in [1.82, 2.24) is 35.2 Å². The van der Waals surface area contributed by atoms with E-state index in [0.29, 0.717) is 19.4 Å². The first kappa shape index (κ1) is 17.4. The quantitative estimate of drug-likeness (QED) is 0.700. The lowest BCUT2D eigenvalue weighted by Crippen LogP contribution is -2.28. The van der Waals surface area contributed by atoms with Crippen LogP contribution in [0.4, 0.5) is 0 Å². The molecule has 0 bridgehead atoms. The minimum atomic E-state index is 0. The maximum absolute atomic E-state index is 11.8. The Labute approximate surface area is 141 Å². The van der Waals surface area contributed by atoms with Gasteiger partial charge in [-0.15, -0.1) is 22.6 Å². The molecule has 0 atom stereocenters. The zero-order valence-corrected chi connectivity index (χ0v) is 13.8. The van der Waals surface area contributed by atoms with Crippen LogP contribution in [0.2, 0.25) is 0 Å². The molecular formula is C14H22ClN7O. The van der Waals surface area contributed by atoms with Crippen LogP contribution >= 0.6 is 12.4 Å². The Morgan fingerprint density at radius 2 is 2.17 bits per heavy atom. The fourth-order valence-corrected chi connectivity index (χ4v) is 2.53. The van der Waals surface area contributed by atoms with Crippen molar-refractivity contribution in [3.63, 3.8) is 0 Å². The summed E-state index contributed by atoms with van der Waals surface area (Å²) in [6.07, 6.45) is 5.40. The molecule has 0 saturated carbocycles. The van der Waals surface area contributed by atoms with E-state index in [1.54, 1.807) is 12.7 Å². The average molecular weight is 340 g/mol. The van der Waals surface area contributed by atoms with E-state index >= 15 is 0 Å². The Morgan fingerprint density at radius 1 is 1.35 bits per heavy atom. The molecule has 0 aliphatic carbocycles.